The molecule has 2 aromatic carbocycles. The number of carbonyl (C=O) groups excluding carboxylic acids is 1. The molecule has 0 atom stereocenters. The first kappa shape index (κ1) is 21.8. The fourth-order valence-electron chi connectivity index (χ4n) is 2.65. The van der Waals surface area contributed by atoms with Crippen LogP contribution in [0, 0.1) is 0 Å². The van der Waals surface area contributed by atoms with Gasteiger partial charge in [-0.25, -0.2) is 13.1 Å². The van der Waals surface area contributed by atoms with Gasteiger partial charge in [-0.1, -0.05) is 0 Å². The number of aromatic nitrogens is 2. The van der Waals surface area contributed by atoms with E-state index in [1.54, 1.807) is 24.3 Å². The number of carbonyl (C=O) groups is 1. The maximum atomic E-state index is 12.9. The lowest BCUT2D eigenvalue weighted by atomic mass is 10.3. The van der Waals surface area contributed by atoms with Crippen molar-refractivity contribution in [1.29, 1.82) is 0 Å². The molecule has 0 aliphatic rings. The molecular formula is C20H20N4O6S. The molecule has 1 aromatic heterocycles. The van der Waals surface area contributed by atoms with Gasteiger partial charge in [0.2, 0.25) is 0 Å². The van der Waals surface area contributed by atoms with Gasteiger partial charge < -0.3 is 14.8 Å². The Bertz CT molecular complexity index is 1270. The number of hydrogen-bond donors (Lipinski definition) is 2. The van der Waals surface area contributed by atoms with Crippen LogP contribution >= 0.6 is 0 Å². The van der Waals surface area contributed by atoms with E-state index in [1.807, 2.05) is 0 Å². The SMILES string of the molecule is COc1ccc(NS(=O)(=O)c2cc(NC(=O)c3ccc(=O)n(C)n3)ccc2OC)cc1. The Labute approximate surface area is 178 Å². The first-order chi connectivity index (χ1) is 14.7. The smallest absolute Gasteiger partial charge is 0.276 e. The number of nitrogens with one attached hydrogen (secondary N) is 2. The van der Waals surface area contributed by atoms with Crippen LogP contribution < -0.4 is 25.1 Å². The summed E-state index contributed by atoms with van der Waals surface area (Å²) >= 11 is 0. The Hall–Kier alpha value is -3.86. The molecule has 0 spiro atoms. The zero-order chi connectivity index (χ0) is 22.6. The van der Waals surface area contributed by atoms with Gasteiger partial charge in [0.25, 0.3) is 21.5 Å². The number of aryl methyl sites for hydroxylation is 1. The standard InChI is InChI=1S/C20H20N4O6S/c1-24-19(25)11-9-16(22-24)20(26)21-14-6-10-17(30-3)18(12-14)31(27,28)23-13-4-7-15(29-2)8-5-13/h4-12,23H,1-3H3,(H,21,26). The highest BCUT2D eigenvalue weighted by atomic mass is 32.2. The van der Waals surface area contributed by atoms with Crippen molar-refractivity contribution in [2.45, 2.75) is 4.90 Å². The van der Waals surface area contributed by atoms with E-state index in [1.165, 1.54) is 51.6 Å². The van der Waals surface area contributed by atoms with E-state index in [4.69, 9.17) is 9.47 Å². The molecule has 3 aromatic rings. The highest BCUT2D eigenvalue weighted by Gasteiger charge is 2.21. The summed E-state index contributed by atoms with van der Waals surface area (Å²) in [5.41, 5.74) is 0.168. The predicted octanol–water partition coefficient (Wildman–Crippen LogP) is 1.85. The lowest BCUT2D eigenvalue weighted by molar-refractivity contribution is 0.102. The number of nitrogens with zero attached hydrogens (tertiary/aromatic N) is 2. The van der Waals surface area contributed by atoms with E-state index in [2.05, 4.69) is 15.1 Å². The van der Waals surface area contributed by atoms with Gasteiger partial charge in [0.15, 0.2) is 0 Å². The molecule has 0 aliphatic heterocycles. The fraction of sp³-hybridized carbons (Fsp3) is 0.150. The predicted molar refractivity (Wildman–Crippen MR) is 114 cm³/mol. The molecule has 2 N–H and O–H groups in total. The van der Waals surface area contributed by atoms with Crippen LogP contribution in [0.1, 0.15) is 10.5 Å². The third kappa shape index (κ3) is 5.01. The third-order valence-corrected chi connectivity index (χ3v) is 5.65. The van der Waals surface area contributed by atoms with Crippen molar-refractivity contribution < 1.29 is 22.7 Å². The molecule has 0 unspecified atom stereocenters. The molecule has 0 radical (unpaired) electrons. The molecular weight excluding hydrogens is 424 g/mol. The molecule has 0 aliphatic carbocycles. The summed E-state index contributed by atoms with van der Waals surface area (Å²) in [5, 5.41) is 6.44. The molecule has 0 bridgehead atoms. The Morgan fingerprint density at radius 2 is 1.65 bits per heavy atom. The third-order valence-electron chi connectivity index (χ3n) is 4.25. The van der Waals surface area contributed by atoms with Crippen molar-refractivity contribution in [1.82, 2.24) is 9.78 Å². The van der Waals surface area contributed by atoms with Crippen molar-refractivity contribution in [2.24, 2.45) is 7.05 Å². The summed E-state index contributed by atoms with van der Waals surface area (Å²) in [4.78, 5) is 23.7. The van der Waals surface area contributed by atoms with Gasteiger partial charge in [0.05, 0.1) is 14.2 Å². The number of sulfonamides is 1. The average Bonchev–Trinajstić information content (AvgIpc) is 2.76. The molecule has 11 heteroatoms. The van der Waals surface area contributed by atoms with Crippen LogP contribution in [0.2, 0.25) is 0 Å². The van der Waals surface area contributed by atoms with Crippen molar-refractivity contribution in [2.75, 3.05) is 24.3 Å². The van der Waals surface area contributed by atoms with Crippen molar-refractivity contribution in [3.63, 3.8) is 0 Å². The second-order valence-corrected chi connectivity index (χ2v) is 7.99. The van der Waals surface area contributed by atoms with Gasteiger partial charge in [0, 0.05) is 24.5 Å². The van der Waals surface area contributed by atoms with E-state index in [-0.39, 0.29) is 27.6 Å². The summed E-state index contributed by atoms with van der Waals surface area (Å²) in [7, 11) is 0.230. The Kier molecular flexibility index (Phi) is 6.25. The largest absolute Gasteiger partial charge is 0.497 e. The number of rotatable bonds is 7. The molecule has 0 saturated heterocycles. The molecule has 1 heterocycles. The molecule has 31 heavy (non-hydrogen) atoms. The van der Waals surface area contributed by atoms with Gasteiger partial charge >= 0.3 is 0 Å². The van der Waals surface area contributed by atoms with Crippen LogP contribution in [0.15, 0.2) is 64.3 Å². The number of benzene rings is 2. The normalized spacial score (nSPS) is 10.9. The second kappa shape index (κ2) is 8.88. The summed E-state index contributed by atoms with van der Waals surface area (Å²) in [6.45, 7) is 0. The molecule has 0 saturated carbocycles. The Morgan fingerprint density at radius 3 is 2.26 bits per heavy atom. The fourth-order valence-corrected chi connectivity index (χ4v) is 3.91. The molecule has 3 rings (SSSR count). The average molecular weight is 444 g/mol. The van der Waals surface area contributed by atoms with E-state index in [0.717, 1.165) is 4.68 Å². The van der Waals surface area contributed by atoms with E-state index < -0.39 is 15.9 Å². The van der Waals surface area contributed by atoms with Crippen LogP contribution in [-0.2, 0) is 17.1 Å². The van der Waals surface area contributed by atoms with Gasteiger partial charge in [0.1, 0.15) is 22.1 Å². The molecule has 162 valence electrons. The number of methoxy groups -OCH3 is 2. The highest BCUT2D eigenvalue weighted by Crippen LogP contribution is 2.29. The van der Waals surface area contributed by atoms with Crippen molar-refractivity contribution in [3.8, 4) is 11.5 Å². The van der Waals surface area contributed by atoms with Gasteiger partial charge in [-0.3, -0.25) is 14.3 Å². The number of anilines is 2. The summed E-state index contributed by atoms with van der Waals surface area (Å²) in [6.07, 6.45) is 0. The van der Waals surface area contributed by atoms with Gasteiger partial charge in [-0.05, 0) is 48.5 Å². The number of hydrogen-bond acceptors (Lipinski definition) is 7. The van der Waals surface area contributed by atoms with E-state index in [9.17, 15) is 18.0 Å². The van der Waals surface area contributed by atoms with Gasteiger partial charge in [-0.15, -0.1) is 0 Å². The van der Waals surface area contributed by atoms with Crippen LogP contribution in [0.25, 0.3) is 0 Å². The van der Waals surface area contributed by atoms with E-state index >= 15 is 0 Å². The molecule has 10 nitrogen and oxygen atoms in total. The Morgan fingerprint density at radius 1 is 0.968 bits per heavy atom. The zero-order valence-electron chi connectivity index (χ0n) is 16.9. The second-order valence-electron chi connectivity index (χ2n) is 6.33. The summed E-state index contributed by atoms with van der Waals surface area (Å²) in [5.74, 6) is 0.0729. The molecule has 0 fully saturated rings. The number of ether oxygens (including phenoxy) is 2. The van der Waals surface area contributed by atoms with Crippen molar-refractivity contribution >= 4 is 27.3 Å². The maximum absolute atomic E-state index is 12.9. The quantitative estimate of drug-likeness (QED) is 0.569. The minimum Gasteiger partial charge on any atom is -0.497 e. The molecule has 1 amide bonds. The lowest BCUT2D eigenvalue weighted by Gasteiger charge is -2.14. The minimum absolute atomic E-state index is 0.00122. The van der Waals surface area contributed by atoms with Crippen LogP contribution in [-0.4, -0.2) is 38.3 Å². The van der Waals surface area contributed by atoms with Gasteiger partial charge in [-0.2, -0.15) is 5.10 Å². The van der Waals surface area contributed by atoms with Crippen LogP contribution in [0.3, 0.4) is 0 Å². The minimum atomic E-state index is -4.04. The lowest BCUT2D eigenvalue weighted by Crippen LogP contribution is -2.23. The van der Waals surface area contributed by atoms with Crippen LogP contribution in [0.5, 0.6) is 11.5 Å². The van der Waals surface area contributed by atoms with Crippen molar-refractivity contribution in [3.05, 3.63) is 70.6 Å². The Balaban J connectivity index is 1.89. The van der Waals surface area contributed by atoms with E-state index in [0.29, 0.717) is 11.4 Å². The summed E-state index contributed by atoms with van der Waals surface area (Å²) in [6, 6.07) is 13.0. The number of amides is 1. The topological polar surface area (TPSA) is 129 Å². The zero-order valence-corrected chi connectivity index (χ0v) is 17.8. The first-order valence-corrected chi connectivity index (χ1v) is 10.4. The summed E-state index contributed by atoms with van der Waals surface area (Å²) < 4.78 is 39.6. The monoisotopic (exact) mass is 444 g/mol. The first-order valence-electron chi connectivity index (χ1n) is 8.94. The highest BCUT2D eigenvalue weighted by molar-refractivity contribution is 7.92. The van der Waals surface area contributed by atoms with Crippen LogP contribution in [0.4, 0.5) is 11.4 Å². The maximum Gasteiger partial charge on any atom is 0.276 e.